The van der Waals surface area contributed by atoms with Crippen molar-refractivity contribution >= 4 is 22.0 Å². The summed E-state index contributed by atoms with van der Waals surface area (Å²) in [6.07, 6.45) is 4.03. The highest BCUT2D eigenvalue weighted by atomic mass is 79.9. The molecule has 1 amide bonds. The van der Waals surface area contributed by atoms with Crippen molar-refractivity contribution in [3.05, 3.63) is 28.7 Å². The van der Waals surface area contributed by atoms with Crippen LogP contribution in [0, 0.1) is 5.92 Å². The summed E-state index contributed by atoms with van der Waals surface area (Å²) in [5.41, 5.74) is -0.432. The van der Waals surface area contributed by atoms with Crippen LogP contribution in [0.5, 0.6) is 5.75 Å². The van der Waals surface area contributed by atoms with E-state index < -0.39 is 5.60 Å². The second-order valence-electron chi connectivity index (χ2n) is 7.87. The summed E-state index contributed by atoms with van der Waals surface area (Å²) >= 11 is 3.43. The minimum absolute atomic E-state index is 0.151. The van der Waals surface area contributed by atoms with E-state index in [0.717, 1.165) is 42.5 Å². The number of benzene rings is 1. The lowest BCUT2D eigenvalue weighted by atomic mass is 9.91. The summed E-state index contributed by atoms with van der Waals surface area (Å²) in [5.74, 6) is 1.41. The molecule has 0 saturated carbocycles. The van der Waals surface area contributed by atoms with Crippen molar-refractivity contribution in [1.82, 2.24) is 4.90 Å². The van der Waals surface area contributed by atoms with Crippen LogP contribution in [-0.4, -0.2) is 35.3 Å². The number of piperidine rings is 1. The largest absolute Gasteiger partial charge is 0.493 e. The molecule has 132 valence electrons. The van der Waals surface area contributed by atoms with Crippen LogP contribution in [0.1, 0.15) is 46.5 Å². The van der Waals surface area contributed by atoms with Crippen molar-refractivity contribution in [1.29, 1.82) is 0 Å². The Morgan fingerprint density at radius 3 is 2.29 bits per heavy atom. The van der Waals surface area contributed by atoms with Gasteiger partial charge in [-0.05, 0) is 76.6 Å². The van der Waals surface area contributed by atoms with Crippen LogP contribution in [-0.2, 0) is 4.74 Å². The Morgan fingerprint density at radius 1 is 1.17 bits per heavy atom. The number of carbonyl (C=O) groups excluding carboxylic acids is 1. The second kappa shape index (κ2) is 6.95. The lowest BCUT2D eigenvalue weighted by molar-refractivity contribution is -0.000961. The topological polar surface area (TPSA) is 38.8 Å². The molecule has 24 heavy (non-hydrogen) atoms. The number of fused-ring (bicyclic) bond motifs is 2. The van der Waals surface area contributed by atoms with Gasteiger partial charge in [0.25, 0.3) is 0 Å². The van der Waals surface area contributed by atoms with Gasteiger partial charge in [-0.15, -0.1) is 0 Å². The molecule has 3 rings (SSSR count). The Labute approximate surface area is 152 Å². The molecule has 2 saturated heterocycles. The Balaban J connectivity index is 1.55. The van der Waals surface area contributed by atoms with E-state index in [1.807, 2.05) is 49.9 Å². The van der Waals surface area contributed by atoms with E-state index >= 15 is 0 Å². The lowest BCUT2D eigenvalue weighted by Gasteiger charge is -2.39. The molecular formula is C19H26BrNO3. The number of hydrogen-bond donors (Lipinski definition) is 0. The van der Waals surface area contributed by atoms with E-state index in [9.17, 15) is 4.79 Å². The Morgan fingerprint density at radius 2 is 1.75 bits per heavy atom. The maximum absolute atomic E-state index is 12.5. The number of rotatable bonds is 3. The molecule has 0 aliphatic carbocycles. The highest BCUT2D eigenvalue weighted by Gasteiger charge is 2.44. The van der Waals surface area contributed by atoms with E-state index in [1.165, 1.54) is 0 Å². The molecule has 4 nitrogen and oxygen atoms in total. The van der Waals surface area contributed by atoms with Crippen molar-refractivity contribution in [3.8, 4) is 5.75 Å². The van der Waals surface area contributed by atoms with Gasteiger partial charge in [-0.1, -0.05) is 15.9 Å². The van der Waals surface area contributed by atoms with E-state index in [4.69, 9.17) is 9.47 Å². The van der Waals surface area contributed by atoms with E-state index in [-0.39, 0.29) is 6.09 Å². The molecule has 2 bridgehead atoms. The summed E-state index contributed by atoms with van der Waals surface area (Å²) < 4.78 is 12.6. The van der Waals surface area contributed by atoms with Crippen molar-refractivity contribution in [2.45, 2.75) is 64.1 Å². The van der Waals surface area contributed by atoms with Gasteiger partial charge in [0.15, 0.2) is 0 Å². The van der Waals surface area contributed by atoms with Crippen molar-refractivity contribution in [3.63, 3.8) is 0 Å². The van der Waals surface area contributed by atoms with Crippen LogP contribution in [0.3, 0.4) is 0 Å². The van der Waals surface area contributed by atoms with Crippen molar-refractivity contribution < 1.29 is 14.3 Å². The van der Waals surface area contributed by atoms with Gasteiger partial charge in [0.05, 0.1) is 6.61 Å². The molecule has 0 spiro atoms. The van der Waals surface area contributed by atoms with Crippen LogP contribution >= 0.6 is 15.9 Å². The average Bonchev–Trinajstić information content (AvgIpc) is 2.76. The molecule has 3 atom stereocenters. The molecular weight excluding hydrogens is 370 g/mol. The maximum atomic E-state index is 12.5. The Kier molecular flexibility index (Phi) is 5.09. The molecule has 0 aromatic heterocycles. The number of carbonyl (C=O) groups is 1. The summed E-state index contributed by atoms with van der Waals surface area (Å²) in [6, 6.07) is 8.55. The lowest BCUT2D eigenvalue weighted by Crippen LogP contribution is -2.49. The number of ether oxygens (including phenoxy) is 2. The molecule has 2 aliphatic rings. The number of hydrogen-bond acceptors (Lipinski definition) is 3. The van der Waals surface area contributed by atoms with E-state index in [1.54, 1.807) is 0 Å². The van der Waals surface area contributed by atoms with Gasteiger partial charge in [0.2, 0.25) is 0 Å². The van der Waals surface area contributed by atoms with Gasteiger partial charge >= 0.3 is 6.09 Å². The maximum Gasteiger partial charge on any atom is 0.410 e. The Bertz CT molecular complexity index is 567. The van der Waals surface area contributed by atoms with Gasteiger partial charge < -0.3 is 14.4 Å². The van der Waals surface area contributed by atoms with Crippen LogP contribution in [0.25, 0.3) is 0 Å². The number of amides is 1. The molecule has 1 aromatic rings. The first kappa shape index (κ1) is 17.6. The molecule has 1 unspecified atom stereocenters. The van der Waals surface area contributed by atoms with Crippen LogP contribution in [0.2, 0.25) is 0 Å². The third-order valence-electron chi connectivity index (χ3n) is 4.73. The third-order valence-corrected chi connectivity index (χ3v) is 5.26. The van der Waals surface area contributed by atoms with Gasteiger partial charge in [-0.3, -0.25) is 0 Å². The number of halogens is 1. The van der Waals surface area contributed by atoms with Gasteiger partial charge in [0, 0.05) is 16.6 Å². The quantitative estimate of drug-likeness (QED) is 0.721. The first-order valence-corrected chi connectivity index (χ1v) is 9.51. The fraction of sp³-hybridized carbons (Fsp3) is 0.632. The van der Waals surface area contributed by atoms with Crippen LogP contribution < -0.4 is 4.74 Å². The predicted molar refractivity (Wildman–Crippen MR) is 97.2 cm³/mol. The zero-order valence-corrected chi connectivity index (χ0v) is 16.2. The molecule has 5 heteroatoms. The minimum atomic E-state index is -0.432. The SMILES string of the molecule is CC(C)(C)OC(=O)N1[C@@H]2CC[C@H]1CC(COc1ccc(Br)cc1)C2. The Hall–Kier alpha value is -1.23. The first-order valence-electron chi connectivity index (χ1n) is 8.71. The molecule has 1 aromatic carbocycles. The number of nitrogens with zero attached hydrogens (tertiary/aromatic N) is 1. The van der Waals surface area contributed by atoms with E-state index in [0.29, 0.717) is 18.0 Å². The van der Waals surface area contributed by atoms with Gasteiger partial charge in [-0.25, -0.2) is 4.79 Å². The van der Waals surface area contributed by atoms with Crippen molar-refractivity contribution in [2.75, 3.05) is 6.61 Å². The molecule has 0 N–H and O–H groups in total. The van der Waals surface area contributed by atoms with Crippen LogP contribution in [0.15, 0.2) is 28.7 Å². The zero-order chi connectivity index (χ0) is 17.3. The fourth-order valence-electron chi connectivity index (χ4n) is 3.78. The summed E-state index contributed by atoms with van der Waals surface area (Å²) in [5, 5.41) is 0. The minimum Gasteiger partial charge on any atom is -0.493 e. The summed E-state index contributed by atoms with van der Waals surface area (Å²) in [6.45, 7) is 6.49. The highest BCUT2D eigenvalue weighted by molar-refractivity contribution is 9.10. The molecule has 0 radical (unpaired) electrons. The summed E-state index contributed by atoms with van der Waals surface area (Å²) in [7, 11) is 0. The molecule has 2 fully saturated rings. The molecule has 2 heterocycles. The normalized spacial score (nSPS) is 26.3. The smallest absolute Gasteiger partial charge is 0.410 e. The fourth-order valence-corrected chi connectivity index (χ4v) is 4.05. The zero-order valence-electron chi connectivity index (χ0n) is 14.6. The average molecular weight is 396 g/mol. The third kappa shape index (κ3) is 4.24. The standard InChI is InChI=1S/C19H26BrNO3/c1-19(2,3)24-18(22)21-15-6-7-16(21)11-13(10-15)12-23-17-8-4-14(20)5-9-17/h4-5,8-9,13,15-16H,6-7,10-12H2,1-3H3/t13?,15-,16+. The first-order chi connectivity index (χ1) is 11.3. The monoisotopic (exact) mass is 395 g/mol. The van der Waals surface area contributed by atoms with E-state index in [2.05, 4.69) is 15.9 Å². The van der Waals surface area contributed by atoms with Crippen LogP contribution in [0.4, 0.5) is 4.79 Å². The van der Waals surface area contributed by atoms with Gasteiger partial charge in [-0.2, -0.15) is 0 Å². The highest BCUT2D eigenvalue weighted by Crippen LogP contribution is 2.39. The second-order valence-corrected chi connectivity index (χ2v) is 8.79. The molecule has 2 aliphatic heterocycles. The summed E-state index contributed by atoms with van der Waals surface area (Å²) in [4.78, 5) is 14.4. The van der Waals surface area contributed by atoms with Crippen molar-refractivity contribution in [2.24, 2.45) is 5.92 Å². The van der Waals surface area contributed by atoms with Gasteiger partial charge in [0.1, 0.15) is 11.4 Å². The predicted octanol–water partition coefficient (Wildman–Crippen LogP) is 5.01.